The molecule has 0 aliphatic heterocycles. The van der Waals surface area contributed by atoms with Gasteiger partial charge in [0.25, 0.3) is 0 Å². The summed E-state index contributed by atoms with van der Waals surface area (Å²) in [7, 11) is -5.17. The highest BCUT2D eigenvalue weighted by molar-refractivity contribution is 7.79. The van der Waals surface area contributed by atoms with Gasteiger partial charge in [0, 0.05) is 10.4 Å². The van der Waals surface area contributed by atoms with Crippen LogP contribution < -0.4 is 0 Å². The van der Waals surface area contributed by atoms with Gasteiger partial charge in [-0.3, -0.25) is 8.42 Å². The van der Waals surface area contributed by atoms with Gasteiger partial charge in [-0.05, 0) is 51.4 Å². The van der Waals surface area contributed by atoms with Gasteiger partial charge in [0.05, 0.1) is 26.2 Å². The fourth-order valence-electron chi connectivity index (χ4n) is 5.58. The molecule has 0 aliphatic carbocycles. The van der Waals surface area contributed by atoms with E-state index in [2.05, 4.69) is 27.7 Å². The maximum atomic E-state index is 8.52. The first kappa shape index (κ1) is 40.0. The molecule has 0 saturated heterocycles. The highest BCUT2D eigenvalue weighted by atomic mass is 32.3. The number of nitrogens with zero attached hydrogens (tertiary/aromatic N) is 1. The number of rotatable bonds is 28. The second-order valence-electron chi connectivity index (χ2n) is 11.7. The third kappa shape index (κ3) is 33.9. The monoisotopic (exact) mass is 563 g/mol. The first-order valence-corrected chi connectivity index (χ1v) is 18.1. The predicted octanol–water partition coefficient (Wildman–Crippen LogP) is 10.0. The van der Waals surface area contributed by atoms with E-state index in [0.29, 0.717) is 0 Å². The molecule has 232 valence electrons. The lowest BCUT2D eigenvalue weighted by molar-refractivity contribution is -0.929. The highest BCUT2D eigenvalue weighted by Gasteiger charge is 2.25. The van der Waals surface area contributed by atoms with E-state index in [1.807, 2.05) is 0 Å². The van der Waals surface area contributed by atoms with Crippen molar-refractivity contribution >= 4 is 10.4 Å². The van der Waals surface area contributed by atoms with E-state index in [1.54, 1.807) is 0 Å². The zero-order chi connectivity index (χ0) is 28.8. The van der Waals surface area contributed by atoms with Gasteiger partial charge >= 0.3 is 1.43 Å². The van der Waals surface area contributed by atoms with Gasteiger partial charge in [-0.25, -0.2) is 0 Å². The van der Waals surface area contributed by atoms with Crippen molar-refractivity contribution in [1.29, 1.82) is 0 Å². The zero-order valence-corrected chi connectivity index (χ0v) is 27.1. The van der Waals surface area contributed by atoms with Crippen LogP contribution in [-0.4, -0.2) is 48.2 Å². The molecule has 0 aromatic heterocycles. The number of unbranched alkanes of at least 4 members (excludes halogenated alkanes) is 20. The van der Waals surface area contributed by atoms with Crippen molar-refractivity contribution < 1.29 is 23.4 Å². The van der Waals surface area contributed by atoms with E-state index in [0.717, 1.165) is 0 Å². The highest BCUT2D eigenvalue weighted by Crippen LogP contribution is 2.20. The minimum Gasteiger partial charge on any atom is -0.759 e. The maximum absolute atomic E-state index is 8.52. The van der Waals surface area contributed by atoms with Crippen LogP contribution in [0.1, 0.15) is 183 Å². The number of hydrogen-bond acceptors (Lipinski definition) is 4. The molecule has 0 saturated carbocycles. The molecule has 0 unspecified atom stereocenters. The lowest BCUT2D eigenvalue weighted by atomic mass is 10.0. The first-order valence-electron chi connectivity index (χ1n) is 16.8. The summed E-state index contributed by atoms with van der Waals surface area (Å²) in [6, 6.07) is 0. The zero-order valence-electron chi connectivity index (χ0n) is 27.3. The molecule has 38 heavy (non-hydrogen) atoms. The minimum absolute atomic E-state index is 0. The molecule has 0 radical (unpaired) electrons. The minimum atomic E-state index is -5.17. The Hall–Kier alpha value is -0.170. The van der Waals surface area contributed by atoms with Crippen LogP contribution in [0.2, 0.25) is 0 Å². The molecule has 0 spiro atoms. The van der Waals surface area contributed by atoms with Crippen molar-refractivity contribution in [3.63, 3.8) is 0 Å². The van der Waals surface area contributed by atoms with Crippen molar-refractivity contribution in [2.75, 3.05) is 26.2 Å². The Morgan fingerprint density at radius 1 is 0.395 bits per heavy atom. The Balaban J connectivity index is -0.00000196. The van der Waals surface area contributed by atoms with Crippen LogP contribution in [0, 0.1) is 0 Å². The summed E-state index contributed by atoms with van der Waals surface area (Å²) in [4.78, 5) is 0. The van der Waals surface area contributed by atoms with Gasteiger partial charge in [-0.1, -0.05) is 130 Å². The lowest BCUT2D eigenvalue weighted by Crippen LogP contribution is -2.50. The van der Waals surface area contributed by atoms with Crippen LogP contribution in [0.5, 0.6) is 0 Å². The van der Waals surface area contributed by atoms with Crippen molar-refractivity contribution in [3.05, 3.63) is 0 Å². The standard InChI is InChI=1S/C32H68N.H2O4S/c1-5-9-13-17-21-25-29-33(30-26-22-18-14-10-6-2,31-27-23-19-15-11-7-3)32-28-24-20-16-12-8-4;1-5(2,3)4/h5-32H2,1-4H3;(H2,1,2,3,4)/q+1;/p-1. The maximum Gasteiger partial charge on any atom is 1.00 e. The molecule has 0 heterocycles. The van der Waals surface area contributed by atoms with Crippen LogP contribution in [0.25, 0.3) is 0 Å². The Kier molecular flexibility index (Phi) is 31.3. The first-order chi connectivity index (χ1) is 18.2. The third-order valence-corrected chi connectivity index (χ3v) is 7.94. The fraction of sp³-hybridized carbons (Fsp3) is 1.00. The van der Waals surface area contributed by atoms with Crippen molar-refractivity contribution in [2.24, 2.45) is 0 Å². The summed E-state index contributed by atoms with van der Waals surface area (Å²) in [5, 5.41) is 0. The van der Waals surface area contributed by atoms with Gasteiger partial charge in [-0.15, -0.1) is 0 Å². The van der Waals surface area contributed by atoms with Crippen molar-refractivity contribution in [3.8, 4) is 0 Å². The summed E-state index contributed by atoms with van der Waals surface area (Å²) >= 11 is 0. The largest absolute Gasteiger partial charge is 1.00 e. The summed E-state index contributed by atoms with van der Waals surface area (Å²) < 4.78 is 35.6. The third-order valence-electron chi connectivity index (χ3n) is 7.94. The molecule has 0 aromatic rings. The van der Waals surface area contributed by atoms with Crippen LogP contribution in [0.3, 0.4) is 0 Å². The molecule has 5 nitrogen and oxygen atoms in total. The van der Waals surface area contributed by atoms with E-state index in [9.17, 15) is 0 Å². The molecule has 0 aromatic carbocycles. The Labute approximate surface area is 241 Å². The average Bonchev–Trinajstić information content (AvgIpc) is 2.86. The van der Waals surface area contributed by atoms with Gasteiger partial charge in [0.1, 0.15) is 0 Å². The Morgan fingerprint density at radius 3 is 0.737 bits per heavy atom. The number of quaternary nitrogens is 1. The average molecular weight is 564 g/mol. The van der Waals surface area contributed by atoms with Crippen LogP contribution in [-0.2, 0) is 10.4 Å². The van der Waals surface area contributed by atoms with Crippen molar-refractivity contribution in [1.82, 2.24) is 0 Å². The summed E-state index contributed by atoms with van der Waals surface area (Å²) in [6.45, 7) is 15.3. The SMILES string of the molecule is CCCCCCCC[N+](CCCCCCCC)(CCCCCCCC)CCCCCCCC.O=S(=O)([O-])[O-].[H+]. The molecule has 0 N–H and O–H groups in total. The normalized spacial score (nSPS) is 11.9. The van der Waals surface area contributed by atoms with E-state index < -0.39 is 10.4 Å². The molecule has 0 bridgehead atoms. The smallest absolute Gasteiger partial charge is 0.759 e. The van der Waals surface area contributed by atoms with Gasteiger partial charge in [-0.2, -0.15) is 0 Å². The van der Waals surface area contributed by atoms with E-state index in [4.69, 9.17) is 17.5 Å². The van der Waals surface area contributed by atoms with E-state index in [1.165, 1.54) is 185 Å². The van der Waals surface area contributed by atoms with E-state index in [-0.39, 0.29) is 1.43 Å². The lowest BCUT2D eigenvalue weighted by Gasteiger charge is -2.40. The van der Waals surface area contributed by atoms with Gasteiger partial charge in [0.2, 0.25) is 0 Å². The number of hydrogen-bond donors (Lipinski definition) is 0. The second-order valence-corrected chi connectivity index (χ2v) is 12.5. The van der Waals surface area contributed by atoms with E-state index >= 15 is 0 Å². The molecule has 0 rings (SSSR count). The molecular weight excluding hydrogens is 494 g/mol. The summed E-state index contributed by atoms with van der Waals surface area (Å²) in [5.74, 6) is 0. The summed E-state index contributed by atoms with van der Waals surface area (Å²) in [5.41, 5.74) is 0. The second kappa shape index (κ2) is 29.8. The molecule has 6 heteroatoms. The molecule has 0 fully saturated rings. The molecular formula is C32H69NO4S. The summed E-state index contributed by atoms with van der Waals surface area (Å²) in [6.07, 6.45) is 34.8. The van der Waals surface area contributed by atoms with Crippen LogP contribution in [0.4, 0.5) is 0 Å². The Morgan fingerprint density at radius 2 is 0.553 bits per heavy atom. The van der Waals surface area contributed by atoms with Crippen LogP contribution >= 0.6 is 0 Å². The fourth-order valence-corrected chi connectivity index (χ4v) is 5.58. The molecule has 0 atom stereocenters. The van der Waals surface area contributed by atoms with Crippen molar-refractivity contribution in [2.45, 2.75) is 182 Å². The molecule has 0 amide bonds. The quantitative estimate of drug-likeness (QED) is 0.0410. The van der Waals surface area contributed by atoms with Crippen LogP contribution in [0.15, 0.2) is 0 Å². The van der Waals surface area contributed by atoms with Gasteiger partial charge < -0.3 is 13.6 Å². The topological polar surface area (TPSA) is 80.3 Å². The molecule has 0 aliphatic rings. The Bertz CT molecular complexity index is 483. The predicted molar refractivity (Wildman–Crippen MR) is 165 cm³/mol. The van der Waals surface area contributed by atoms with Gasteiger partial charge in [0.15, 0.2) is 0 Å².